The van der Waals surface area contributed by atoms with Gasteiger partial charge in [0.25, 0.3) is 0 Å². The second-order valence-electron chi connectivity index (χ2n) is 43.1. The van der Waals surface area contributed by atoms with Gasteiger partial charge < -0.3 is 37.9 Å². The Labute approximate surface area is 918 Å². The van der Waals surface area contributed by atoms with Gasteiger partial charge in [0.1, 0.15) is 46.0 Å². The zero-order valence-electron chi connectivity index (χ0n) is 96.5. The third-order valence-electron chi connectivity index (χ3n) is 29.7. The average molecular weight is 2130 g/mol. The number of carbonyl (C=O) groups is 8. The first-order chi connectivity index (χ1) is 71.8. The van der Waals surface area contributed by atoms with Gasteiger partial charge in [-0.2, -0.15) is 47.0 Å². The number of hydrogen-bond donors (Lipinski definition) is 0. The van der Waals surface area contributed by atoms with Crippen molar-refractivity contribution in [3.8, 4) is 46.0 Å². The van der Waals surface area contributed by atoms with E-state index in [1.807, 2.05) is 52.0 Å². The summed E-state index contributed by atoms with van der Waals surface area (Å²) in [5.74, 6) is 2.53. The fourth-order valence-electron chi connectivity index (χ4n) is 21.8. The maximum Gasteiger partial charge on any atom is 0.308 e. The molecule has 0 spiro atoms. The van der Waals surface area contributed by atoms with Crippen molar-refractivity contribution in [2.45, 2.75) is 571 Å². The Morgan fingerprint density at radius 3 is 0.378 bits per heavy atom. The van der Waals surface area contributed by atoms with E-state index in [9.17, 15) is 38.4 Å². The molecule has 4 aromatic carbocycles. The van der Waals surface area contributed by atoms with Crippen molar-refractivity contribution in [1.29, 1.82) is 0 Å². The molecule has 0 radical (unpaired) electrons. The van der Waals surface area contributed by atoms with Crippen LogP contribution in [-0.2, 0) is 38.4 Å². The Morgan fingerprint density at radius 2 is 0.270 bits per heavy atom. The second-order valence-corrected chi connectivity index (χ2v) is 48.0. The minimum absolute atomic E-state index is 0.150. The first kappa shape index (κ1) is 132. The average Bonchev–Trinajstić information content (AvgIpc) is 0.727. The number of rotatable bonds is 88. The number of unbranched alkanes of at least 4 members (excludes halogenated alkanes) is 56. The van der Waals surface area contributed by atoms with Crippen LogP contribution in [0.2, 0.25) is 0 Å². The summed E-state index contributed by atoms with van der Waals surface area (Å²) in [7, 11) is 0. The molecule has 0 amide bonds. The lowest BCUT2D eigenvalue weighted by Gasteiger charge is -2.33. The molecule has 0 heterocycles. The quantitative estimate of drug-likeness (QED) is 0.0228. The van der Waals surface area contributed by atoms with Crippen LogP contribution in [0.3, 0.4) is 0 Å². The number of thioether (sulfide) groups is 4. The van der Waals surface area contributed by atoms with Gasteiger partial charge in [0, 0.05) is 146 Å². The molecule has 16 nitrogen and oxygen atoms in total. The van der Waals surface area contributed by atoms with Gasteiger partial charge in [0.15, 0.2) is 0 Å². The van der Waals surface area contributed by atoms with Crippen LogP contribution >= 0.6 is 47.0 Å². The minimum atomic E-state index is -0.813. The van der Waals surface area contributed by atoms with Crippen molar-refractivity contribution in [2.75, 3.05) is 46.0 Å². The molecule has 4 aromatic rings. The van der Waals surface area contributed by atoms with E-state index < -0.39 is 71.4 Å². The van der Waals surface area contributed by atoms with E-state index in [-0.39, 0.29) is 46.0 Å². The van der Waals surface area contributed by atoms with E-state index in [2.05, 4.69) is 74.7 Å². The Hall–Kier alpha value is -5.96. The molecule has 8 bridgehead atoms. The summed E-state index contributed by atoms with van der Waals surface area (Å²) in [4.78, 5) is 116. The lowest BCUT2D eigenvalue weighted by atomic mass is 9.74. The monoisotopic (exact) mass is 2130 g/mol. The van der Waals surface area contributed by atoms with Crippen molar-refractivity contribution in [3.63, 3.8) is 0 Å². The Morgan fingerprint density at radius 1 is 0.169 bits per heavy atom. The first-order valence-corrected chi connectivity index (χ1v) is 64.9. The van der Waals surface area contributed by atoms with Gasteiger partial charge in [0.2, 0.25) is 0 Å². The lowest BCUT2D eigenvalue weighted by molar-refractivity contribution is -0.133. The van der Waals surface area contributed by atoms with Crippen molar-refractivity contribution in [1.82, 2.24) is 0 Å². The molecule has 0 aromatic heterocycles. The van der Waals surface area contributed by atoms with Gasteiger partial charge in [-0.05, 0) is 175 Å². The van der Waals surface area contributed by atoms with Crippen molar-refractivity contribution >= 4 is 94.8 Å². The van der Waals surface area contributed by atoms with Crippen LogP contribution in [0.5, 0.6) is 46.0 Å². The molecule has 0 aliphatic heterocycles. The first-order valence-electron chi connectivity index (χ1n) is 60.3. The van der Waals surface area contributed by atoms with Gasteiger partial charge in [-0.1, -0.05) is 387 Å². The topological polar surface area (TPSA) is 210 Å². The maximum atomic E-state index is 14.4. The largest absolute Gasteiger partial charge is 0.426 e. The zero-order valence-corrected chi connectivity index (χ0v) is 99.8. The van der Waals surface area contributed by atoms with Gasteiger partial charge in [-0.25, -0.2) is 0 Å². The molecular formula is C128H208O16S4. The van der Waals surface area contributed by atoms with Gasteiger partial charge in [-0.15, -0.1) is 0 Å². The summed E-state index contributed by atoms with van der Waals surface area (Å²) in [5.41, 5.74) is 5.65. The van der Waals surface area contributed by atoms with Crippen molar-refractivity contribution < 1.29 is 76.3 Å². The molecule has 0 fully saturated rings. The highest BCUT2D eigenvalue weighted by Gasteiger charge is 2.40. The third kappa shape index (κ3) is 54.9. The number of benzene rings is 4. The summed E-state index contributed by atoms with van der Waals surface area (Å²) in [6.07, 6.45) is 76.3. The normalized spacial score (nSPS) is 13.9. The van der Waals surface area contributed by atoms with Crippen LogP contribution in [0.1, 0.15) is 610 Å². The predicted molar refractivity (Wildman–Crippen MR) is 629 cm³/mol. The molecule has 148 heavy (non-hydrogen) atoms. The SMILES string of the molecule is CCCCCCCCCCSCCCCCCCCCCC1c2cc(c(OC(C)=O)c(C)c2OC(C)=O)C(CCCCCCCCCCSCCCCCCCCCC)c2cc(c(OC(C)=O)c(C)c2OC(C)=O)C(CCCCCCCCCCSCCCCCCCCCC)c2cc(c(OC(C)=O)c(C)c2OC(C)=O)C(CCCCCCCCCCSCCCCCCCCCC)c2cc1c(OC(C)=O)c(C)c2OC(C)=O. The summed E-state index contributed by atoms with van der Waals surface area (Å²) in [6, 6.07) is 8.05. The number of ether oxygens (including phenoxy) is 8. The Bertz CT molecular complexity index is 3650. The summed E-state index contributed by atoms with van der Waals surface area (Å²) in [5, 5.41) is 0. The zero-order chi connectivity index (χ0) is 108. The minimum Gasteiger partial charge on any atom is -0.426 e. The molecule has 1 aliphatic carbocycles. The maximum absolute atomic E-state index is 14.4. The molecule has 20 heteroatoms. The lowest BCUT2D eigenvalue weighted by Crippen LogP contribution is -2.20. The predicted octanol–water partition coefficient (Wildman–Crippen LogP) is 38.7. The number of carbonyl (C=O) groups excluding carboxylic acids is 8. The molecule has 840 valence electrons. The molecule has 0 atom stereocenters. The summed E-state index contributed by atoms with van der Waals surface area (Å²) >= 11 is 8.38. The summed E-state index contributed by atoms with van der Waals surface area (Å²) < 4.78 is 53.6. The highest BCUT2D eigenvalue weighted by molar-refractivity contribution is 7.99. The number of hydrogen-bond acceptors (Lipinski definition) is 20. The van der Waals surface area contributed by atoms with Crippen LogP contribution < -0.4 is 37.9 Å². The van der Waals surface area contributed by atoms with E-state index in [0.717, 1.165) is 128 Å². The van der Waals surface area contributed by atoms with E-state index >= 15 is 0 Å². The van der Waals surface area contributed by atoms with Crippen molar-refractivity contribution in [3.05, 3.63) is 91.0 Å². The highest BCUT2D eigenvalue weighted by Crippen LogP contribution is 2.58. The van der Waals surface area contributed by atoms with Gasteiger partial charge >= 0.3 is 47.8 Å². The van der Waals surface area contributed by atoms with Gasteiger partial charge in [0.05, 0.1) is 0 Å². The van der Waals surface area contributed by atoms with Gasteiger partial charge in [-0.3, -0.25) is 38.4 Å². The van der Waals surface area contributed by atoms with Crippen LogP contribution in [-0.4, -0.2) is 93.8 Å². The van der Waals surface area contributed by atoms with Crippen molar-refractivity contribution in [2.24, 2.45) is 0 Å². The second kappa shape index (κ2) is 83.5. The smallest absolute Gasteiger partial charge is 0.308 e. The van der Waals surface area contributed by atoms with E-state index in [0.29, 0.717) is 118 Å². The number of fused-ring (bicyclic) bond motifs is 8. The number of esters is 8. The summed E-state index contributed by atoms with van der Waals surface area (Å²) in [6.45, 7) is 27.2. The Balaban J connectivity index is 1.86. The molecular weight excluding hydrogens is 1920 g/mol. The fourth-order valence-corrected chi connectivity index (χ4v) is 25.9. The van der Waals surface area contributed by atoms with Crippen LogP contribution in [0.15, 0.2) is 24.3 Å². The van der Waals surface area contributed by atoms with E-state index in [1.54, 1.807) is 0 Å². The van der Waals surface area contributed by atoms with Crippen LogP contribution in [0.4, 0.5) is 0 Å². The van der Waals surface area contributed by atoms with Crippen LogP contribution in [0.25, 0.3) is 0 Å². The molecule has 0 unspecified atom stereocenters. The third-order valence-corrected chi connectivity index (χ3v) is 34.3. The Kier molecular flexibility index (Phi) is 74.7. The van der Waals surface area contributed by atoms with Crippen LogP contribution in [0, 0.1) is 27.7 Å². The standard InChI is InChI=1S/C128H208O16S4/c1-17-21-25-29-33-49-61-73-85-145-89-77-65-53-41-37-45-57-69-81-109-113-93-115(123(139-103(11)131)97(5)121(113)137-101(9)129)110(82-70-58-46-38-42-54-66-78-90-146-86-74-62-50-34-30-26-22-18-2)117-95-119(127(143-107(15)135)99(7)125(117)141-105(13)133)112(84-72-60-48-40-44-56-68-80-92-148-88-76-64-52-36-32-28-24-20-4)120-96-118(126(142-106(14)134)100(8)128(120)144-108(16)136)111(116-94-114(109)122(138-102(10)130)98(6)124(116)140-104(12)132)83-71-59-47-39-43-55-67-79-91-147-87-75-63-51-35-31-27-23-19-3/h93-96,109-112H,17-92H2,1-16H3. The molecule has 1 aliphatic rings. The molecule has 0 saturated carbocycles. The highest BCUT2D eigenvalue weighted by atomic mass is 32.2. The fraction of sp³-hybridized carbons (Fsp3) is 0.750. The van der Waals surface area contributed by atoms with E-state index in [1.165, 1.54) is 358 Å². The van der Waals surface area contributed by atoms with E-state index in [4.69, 9.17) is 37.9 Å². The molecule has 0 N–H and O–H groups in total. The molecule has 5 rings (SSSR count). The molecule has 0 saturated heterocycles.